The van der Waals surface area contributed by atoms with Gasteiger partial charge in [-0.1, -0.05) is 26.2 Å². The van der Waals surface area contributed by atoms with Crippen LogP contribution in [0.5, 0.6) is 0 Å². The van der Waals surface area contributed by atoms with Gasteiger partial charge in [0.25, 0.3) is 0 Å². The van der Waals surface area contributed by atoms with Crippen LogP contribution in [0.3, 0.4) is 0 Å². The predicted molar refractivity (Wildman–Crippen MR) is 52.3 cm³/mol. The number of rotatable bonds is 7. The van der Waals surface area contributed by atoms with Crippen LogP contribution in [0.25, 0.3) is 0 Å². The Hall–Kier alpha value is -0.250. The van der Waals surface area contributed by atoms with Crippen molar-refractivity contribution in [3.63, 3.8) is 0 Å². The third-order valence-corrected chi connectivity index (χ3v) is 2.17. The first-order chi connectivity index (χ1) is 6.45. The predicted octanol–water partition coefficient (Wildman–Crippen LogP) is 3.45. The van der Waals surface area contributed by atoms with Crippen molar-refractivity contribution < 1.29 is 13.2 Å². The Morgan fingerprint density at radius 1 is 1.00 bits per heavy atom. The first-order valence-corrected chi connectivity index (χ1v) is 5.21. The molecule has 4 heteroatoms. The Balaban J connectivity index is 3.32. The van der Waals surface area contributed by atoms with Crippen molar-refractivity contribution in [3.05, 3.63) is 0 Å². The largest absolute Gasteiger partial charge is 0.390 e. The van der Waals surface area contributed by atoms with E-state index in [2.05, 4.69) is 6.92 Å². The molecule has 0 unspecified atom stereocenters. The van der Waals surface area contributed by atoms with Crippen molar-refractivity contribution >= 4 is 0 Å². The van der Waals surface area contributed by atoms with E-state index in [9.17, 15) is 13.2 Å². The fourth-order valence-electron chi connectivity index (χ4n) is 1.24. The second-order valence-electron chi connectivity index (χ2n) is 3.73. The summed E-state index contributed by atoms with van der Waals surface area (Å²) in [6.45, 7) is 3.01. The number of alkyl halides is 3. The minimum absolute atomic E-state index is 0.121. The van der Waals surface area contributed by atoms with Crippen LogP contribution in [-0.2, 0) is 0 Å². The number of hydrogen-bond donors (Lipinski definition) is 0. The Labute approximate surface area is 84.3 Å². The molecule has 0 rings (SSSR count). The van der Waals surface area contributed by atoms with Gasteiger partial charge in [0.2, 0.25) is 0 Å². The summed E-state index contributed by atoms with van der Waals surface area (Å²) in [6, 6.07) is 0. The molecule has 86 valence electrons. The Kier molecular flexibility index (Phi) is 6.97. The van der Waals surface area contributed by atoms with E-state index in [1.165, 1.54) is 6.42 Å². The van der Waals surface area contributed by atoms with Gasteiger partial charge in [-0.2, -0.15) is 13.2 Å². The van der Waals surface area contributed by atoms with Crippen molar-refractivity contribution in [1.82, 2.24) is 4.90 Å². The van der Waals surface area contributed by atoms with Gasteiger partial charge in [-0.15, -0.1) is 0 Å². The molecule has 14 heavy (non-hydrogen) atoms. The molecule has 0 saturated heterocycles. The lowest BCUT2D eigenvalue weighted by molar-refractivity contribution is -0.137. The van der Waals surface area contributed by atoms with Crippen LogP contribution >= 0.6 is 0 Å². The zero-order valence-corrected chi connectivity index (χ0v) is 9.03. The van der Waals surface area contributed by atoms with E-state index in [0.29, 0.717) is 0 Å². The van der Waals surface area contributed by atoms with Gasteiger partial charge >= 0.3 is 6.18 Å². The van der Waals surface area contributed by atoms with Crippen LogP contribution in [-0.4, -0.2) is 31.2 Å². The molecule has 0 aliphatic rings. The van der Waals surface area contributed by atoms with Crippen molar-refractivity contribution in [2.45, 2.75) is 45.2 Å². The fraction of sp³-hybridized carbons (Fsp3) is 1.00. The zero-order valence-electron chi connectivity index (χ0n) is 9.03. The van der Waals surface area contributed by atoms with Gasteiger partial charge in [-0.05, 0) is 20.0 Å². The number of hydrogen-bond acceptors (Lipinski definition) is 1. The molecule has 1 nitrogen and oxygen atoms in total. The molecule has 0 aliphatic carbocycles. The maximum absolute atomic E-state index is 11.8. The summed E-state index contributed by atoms with van der Waals surface area (Å²) in [7, 11) is 1.75. The lowest BCUT2D eigenvalue weighted by Gasteiger charge is -2.17. The Morgan fingerprint density at radius 2 is 1.64 bits per heavy atom. The van der Waals surface area contributed by atoms with Crippen molar-refractivity contribution in [3.8, 4) is 0 Å². The minimum Gasteiger partial charge on any atom is -0.306 e. The zero-order chi connectivity index (χ0) is 11.0. The summed E-state index contributed by atoms with van der Waals surface area (Å²) in [6.07, 6.45) is -0.261. The maximum Gasteiger partial charge on any atom is 0.390 e. The summed E-state index contributed by atoms with van der Waals surface area (Å²) in [5.74, 6) is 0. The van der Waals surface area contributed by atoms with Crippen LogP contribution in [0.2, 0.25) is 0 Å². The van der Waals surface area contributed by atoms with E-state index in [0.717, 1.165) is 25.8 Å². The van der Waals surface area contributed by atoms with Crippen LogP contribution in [0.1, 0.15) is 39.0 Å². The molecule has 0 atom stereocenters. The number of halogens is 3. The standard InChI is InChI=1S/C10H20F3N/c1-3-4-5-6-8-14(2)9-7-10(11,12)13/h3-9H2,1-2H3. The smallest absolute Gasteiger partial charge is 0.306 e. The first kappa shape index (κ1) is 13.8. The summed E-state index contributed by atoms with van der Waals surface area (Å²) in [5.41, 5.74) is 0. The second kappa shape index (κ2) is 7.10. The molecule has 0 aromatic heterocycles. The normalized spacial score (nSPS) is 12.4. The average molecular weight is 211 g/mol. The monoisotopic (exact) mass is 211 g/mol. The van der Waals surface area contributed by atoms with Crippen LogP contribution < -0.4 is 0 Å². The Morgan fingerprint density at radius 3 is 2.14 bits per heavy atom. The van der Waals surface area contributed by atoms with Gasteiger partial charge in [0.1, 0.15) is 0 Å². The molecule has 0 amide bonds. The molecular weight excluding hydrogens is 191 g/mol. The Bertz CT molecular complexity index is 134. The second-order valence-corrected chi connectivity index (χ2v) is 3.73. The highest BCUT2D eigenvalue weighted by Crippen LogP contribution is 2.19. The average Bonchev–Trinajstić information content (AvgIpc) is 2.08. The van der Waals surface area contributed by atoms with Gasteiger partial charge < -0.3 is 4.90 Å². The minimum atomic E-state index is -4.02. The summed E-state index contributed by atoms with van der Waals surface area (Å²) in [4.78, 5) is 1.75. The van der Waals surface area contributed by atoms with Gasteiger partial charge in [0, 0.05) is 6.54 Å². The molecule has 0 bridgehead atoms. The molecule has 0 N–H and O–H groups in total. The van der Waals surface area contributed by atoms with Crippen molar-refractivity contribution in [2.24, 2.45) is 0 Å². The lowest BCUT2D eigenvalue weighted by Crippen LogP contribution is -2.25. The molecule has 0 aromatic rings. The summed E-state index contributed by atoms with van der Waals surface area (Å²) >= 11 is 0. The summed E-state index contributed by atoms with van der Waals surface area (Å²) < 4.78 is 35.5. The quantitative estimate of drug-likeness (QED) is 0.583. The highest BCUT2D eigenvalue weighted by Gasteiger charge is 2.26. The van der Waals surface area contributed by atoms with Crippen LogP contribution in [0.15, 0.2) is 0 Å². The van der Waals surface area contributed by atoms with Crippen molar-refractivity contribution in [1.29, 1.82) is 0 Å². The highest BCUT2D eigenvalue weighted by molar-refractivity contribution is 4.57. The lowest BCUT2D eigenvalue weighted by atomic mass is 10.2. The van der Waals surface area contributed by atoms with E-state index >= 15 is 0 Å². The van der Waals surface area contributed by atoms with E-state index < -0.39 is 12.6 Å². The molecular formula is C10H20F3N. The van der Waals surface area contributed by atoms with E-state index in [1.54, 1.807) is 11.9 Å². The van der Waals surface area contributed by atoms with Crippen LogP contribution in [0, 0.1) is 0 Å². The van der Waals surface area contributed by atoms with Gasteiger partial charge in [0.05, 0.1) is 6.42 Å². The SMILES string of the molecule is CCCCCCN(C)CCC(F)(F)F. The molecule has 0 saturated carbocycles. The van der Waals surface area contributed by atoms with E-state index in [-0.39, 0.29) is 6.54 Å². The van der Waals surface area contributed by atoms with Gasteiger partial charge in [0.15, 0.2) is 0 Å². The molecule has 0 heterocycles. The molecule has 0 aromatic carbocycles. The summed E-state index contributed by atoms with van der Waals surface area (Å²) in [5, 5.41) is 0. The third kappa shape index (κ3) is 9.84. The van der Waals surface area contributed by atoms with Gasteiger partial charge in [-0.3, -0.25) is 0 Å². The van der Waals surface area contributed by atoms with E-state index in [1.807, 2.05) is 0 Å². The molecule has 0 spiro atoms. The van der Waals surface area contributed by atoms with Crippen LogP contribution in [0.4, 0.5) is 13.2 Å². The molecule has 0 aliphatic heterocycles. The first-order valence-electron chi connectivity index (χ1n) is 5.21. The fourth-order valence-corrected chi connectivity index (χ4v) is 1.24. The number of unbranched alkanes of at least 4 members (excludes halogenated alkanes) is 3. The third-order valence-electron chi connectivity index (χ3n) is 2.17. The van der Waals surface area contributed by atoms with Crippen molar-refractivity contribution in [2.75, 3.05) is 20.1 Å². The topological polar surface area (TPSA) is 3.24 Å². The molecule has 0 fully saturated rings. The molecule has 0 radical (unpaired) electrons. The van der Waals surface area contributed by atoms with Gasteiger partial charge in [-0.25, -0.2) is 0 Å². The maximum atomic E-state index is 11.8. The highest BCUT2D eigenvalue weighted by atomic mass is 19.4. The van der Waals surface area contributed by atoms with E-state index in [4.69, 9.17) is 0 Å². The number of nitrogens with zero attached hydrogens (tertiary/aromatic N) is 1.